The number of rotatable bonds is 4. The first-order valence-electron chi connectivity index (χ1n) is 8.97. The summed E-state index contributed by atoms with van der Waals surface area (Å²) in [5.41, 5.74) is 2.59. The maximum absolute atomic E-state index is 12.6. The highest BCUT2D eigenvalue weighted by atomic mass is 16.2. The summed E-state index contributed by atoms with van der Waals surface area (Å²) in [6, 6.07) is 19.5. The van der Waals surface area contributed by atoms with Crippen molar-refractivity contribution in [3.63, 3.8) is 0 Å². The Morgan fingerprint density at radius 3 is 2.85 bits per heavy atom. The molecule has 1 heterocycles. The van der Waals surface area contributed by atoms with Crippen molar-refractivity contribution in [3.8, 4) is 6.07 Å². The van der Waals surface area contributed by atoms with Gasteiger partial charge in [0.2, 0.25) is 0 Å². The molecule has 26 heavy (non-hydrogen) atoms. The van der Waals surface area contributed by atoms with E-state index in [1.807, 2.05) is 12.1 Å². The molecule has 0 spiro atoms. The van der Waals surface area contributed by atoms with Gasteiger partial charge in [-0.2, -0.15) is 5.26 Å². The summed E-state index contributed by atoms with van der Waals surface area (Å²) in [4.78, 5) is 14.1. The Kier molecular flexibility index (Phi) is 5.88. The molecule has 0 aromatic heterocycles. The molecule has 1 aliphatic heterocycles. The molecule has 3 rings (SSSR count). The van der Waals surface area contributed by atoms with Crippen LogP contribution in [0.25, 0.3) is 0 Å². The smallest absolute Gasteiger partial charge is 0.322 e. The van der Waals surface area contributed by atoms with Gasteiger partial charge in [0, 0.05) is 12.7 Å². The maximum atomic E-state index is 12.6. The van der Waals surface area contributed by atoms with Gasteiger partial charge in [0.1, 0.15) is 0 Å². The molecule has 0 unspecified atom stereocenters. The van der Waals surface area contributed by atoms with E-state index in [0.29, 0.717) is 17.2 Å². The Morgan fingerprint density at radius 2 is 2.08 bits per heavy atom. The molecule has 2 aromatic carbocycles. The average molecular weight is 348 g/mol. The fraction of sp³-hybridized carbons (Fsp3) is 0.333. The summed E-state index contributed by atoms with van der Waals surface area (Å²) in [5, 5.41) is 15.5. The SMILES string of the molecule is CN(C(=O)N[C@@H]1C[C@H](Cc2ccccc2)CCN1)c1cccc(C#N)c1. The third kappa shape index (κ3) is 4.62. The first-order valence-corrected chi connectivity index (χ1v) is 8.97. The first kappa shape index (κ1) is 18.0. The number of anilines is 1. The molecule has 5 heteroatoms. The summed E-state index contributed by atoms with van der Waals surface area (Å²) in [5.74, 6) is 0.552. The highest BCUT2D eigenvalue weighted by Crippen LogP contribution is 2.21. The molecule has 1 saturated heterocycles. The number of hydrogen-bond donors (Lipinski definition) is 2. The van der Waals surface area contributed by atoms with Crippen LogP contribution in [0.15, 0.2) is 54.6 Å². The molecule has 1 fully saturated rings. The van der Waals surface area contributed by atoms with Gasteiger partial charge in [0.05, 0.1) is 17.8 Å². The quantitative estimate of drug-likeness (QED) is 0.891. The third-order valence-electron chi connectivity index (χ3n) is 4.84. The fourth-order valence-electron chi connectivity index (χ4n) is 3.39. The summed E-state index contributed by atoms with van der Waals surface area (Å²) >= 11 is 0. The van der Waals surface area contributed by atoms with E-state index in [1.165, 1.54) is 5.56 Å². The first-order chi connectivity index (χ1) is 12.7. The molecular weight excluding hydrogens is 324 g/mol. The molecule has 134 valence electrons. The van der Waals surface area contributed by atoms with Crippen molar-refractivity contribution in [2.45, 2.75) is 25.4 Å². The molecule has 2 N–H and O–H groups in total. The van der Waals surface area contributed by atoms with Crippen molar-refractivity contribution in [3.05, 3.63) is 65.7 Å². The van der Waals surface area contributed by atoms with Gasteiger partial charge in [-0.15, -0.1) is 0 Å². The van der Waals surface area contributed by atoms with Crippen LogP contribution in [0.3, 0.4) is 0 Å². The molecule has 2 aromatic rings. The second-order valence-corrected chi connectivity index (χ2v) is 6.76. The molecule has 0 radical (unpaired) electrons. The van der Waals surface area contributed by atoms with Crippen LogP contribution in [-0.4, -0.2) is 25.8 Å². The van der Waals surface area contributed by atoms with E-state index in [1.54, 1.807) is 30.1 Å². The molecule has 2 atom stereocenters. The van der Waals surface area contributed by atoms with E-state index in [4.69, 9.17) is 5.26 Å². The van der Waals surface area contributed by atoms with Gasteiger partial charge in [-0.1, -0.05) is 36.4 Å². The highest BCUT2D eigenvalue weighted by molar-refractivity contribution is 5.91. The Morgan fingerprint density at radius 1 is 1.27 bits per heavy atom. The minimum Gasteiger partial charge on any atom is -0.322 e. The lowest BCUT2D eigenvalue weighted by molar-refractivity contribution is 0.226. The maximum Gasteiger partial charge on any atom is 0.322 e. The summed E-state index contributed by atoms with van der Waals surface area (Å²) < 4.78 is 0. The van der Waals surface area contributed by atoms with Crippen LogP contribution >= 0.6 is 0 Å². The topological polar surface area (TPSA) is 68.2 Å². The molecular formula is C21H24N4O. The van der Waals surface area contributed by atoms with Crippen molar-refractivity contribution in [2.24, 2.45) is 5.92 Å². The molecule has 0 saturated carbocycles. The van der Waals surface area contributed by atoms with Crippen molar-refractivity contribution >= 4 is 11.7 Å². The second kappa shape index (κ2) is 8.50. The number of carbonyl (C=O) groups is 1. The molecule has 0 aliphatic carbocycles. The number of hydrogen-bond acceptors (Lipinski definition) is 3. The van der Waals surface area contributed by atoms with E-state index >= 15 is 0 Å². The number of carbonyl (C=O) groups excluding carboxylic acids is 1. The Bertz CT molecular complexity index is 784. The van der Waals surface area contributed by atoms with Crippen LogP contribution in [-0.2, 0) is 6.42 Å². The number of benzene rings is 2. The van der Waals surface area contributed by atoms with Crippen LogP contribution in [0, 0.1) is 17.2 Å². The third-order valence-corrected chi connectivity index (χ3v) is 4.84. The van der Waals surface area contributed by atoms with Gasteiger partial charge in [-0.05, 0) is 55.5 Å². The van der Waals surface area contributed by atoms with Gasteiger partial charge in [-0.25, -0.2) is 4.79 Å². The summed E-state index contributed by atoms with van der Waals surface area (Å²) in [6.07, 6.45) is 3.02. The van der Waals surface area contributed by atoms with E-state index in [9.17, 15) is 4.79 Å². The highest BCUT2D eigenvalue weighted by Gasteiger charge is 2.24. The predicted octanol–water partition coefficient (Wildman–Crippen LogP) is 3.27. The zero-order chi connectivity index (χ0) is 18.4. The monoisotopic (exact) mass is 348 g/mol. The van der Waals surface area contributed by atoms with Crippen molar-refractivity contribution in [1.29, 1.82) is 5.26 Å². The second-order valence-electron chi connectivity index (χ2n) is 6.76. The van der Waals surface area contributed by atoms with E-state index in [0.717, 1.165) is 25.8 Å². The fourth-order valence-corrected chi connectivity index (χ4v) is 3.39. The number of nitrogens with zero attached hydrogens (tertiary/aromatic N) is 2. The zero-order valence-corrected chi connectivity index (χ0v) is 15.0. The van der Waals surface area contributed by atoms with Gasteiger partial charge in [0.25, 0.3) is 0 Å². The number of urea groups is 1. The normalized spacial score (nSPS) is 19.4. The van der Waals surface area contributed by atoms with Gasteiger partial charge in [-0.3, -0.25) is 10.2 Å². The van der Waals surface area contributed by atoms with E-state index in [2.05, 4.69) is 41.0 Å². The lowest BCUT2D eigenvalue weighted by Crippen LogP contribution is -2.53. The van der Waals surface area contributed by atoms with Gasteiger partial charge >= 0.3 is 6.03 Å². The zero-order valence-electron chi connectivity index (χ0n) is 15.0. The standard InChI is InChI=1S/C21H24N4O/c1-25(19-9-5-8-18(13-19)15-22)21(26)24-20-14-17(10-11-23-20)12-16-6-3-2-4-7-16/h2-9,13,17,20,23H,10-12,14H2,1H3,(H,24,26)/t17-,20+/m0/s1. The number of piperidine rings is 1. The van der Waals surface area contributed by atoms with Crippen LogP contribution in [0.1, 0.15) is 24.0 Å². The lowest BCUT2D eigenvalue weighted by Gasteiger charge is -2.32. The predicted molar refractivity (Wildman–Crippen MR) is 103 cm³/mol. The largest absolute Gasteiger partial charge is 0.322 e. The molecule has 5 nitrogen and oxygen atoms in total. The Hall–Kier alpha value is -2.84. The van der Waals surface area contributed by atoms with Gasteiger partial charge < -0.3 is 5.32 Å². The van der Waals surface area contributed by atoms with Crippen molar-refractivity contribution in [1.82, 2.24) is 10.6 Å². The van der Waals surface area contributed by atoms with Crippen LogP contribution in [0.5, 0.6) is 0 Å². The number of amides is 2. The molecule has 0 bridgehead atoms. The minimum absolute atomic E-state index is 0.0356. The number of nitrogens with one attached hydrogen (secondary N) is 2. The van der Waals surface area contributed by atoms with E-state index in [-0.39, 0.29) is 12.2 Å². The van der Waals surface area contributed by atoms with Gasteiger partial charge in [0.15, 0.2) is 0 Å². The Balaban J connectivity index is 1.57. The van der Waals surface area contributed by atoms with Crippen LogP contribution in [0.2, 0.25) is 0 Å². The van der Waals surface area contributed by atoms with E-state index < -0.39 is 0 Å². The summed E-state index contributed by atoms with van der Waals surface area (Å²) in [6.45, 7) is 0.899. The molecule has 2 amide bonds. The number of nitriles is 1. The average Bonchev–Trinajstić information content (AvgIpc) is 2.68. The minimum atomic E-state index is -0.169. The van der Waals surface area contributed by atoms with Crippen LogP contribution in [0.4, 0.5) is 10.5 Å². The Labute approximate surface area is 154 Å². The van der Waals surface area contributed by atoms with Crippen molar-refractivity contribution < 1.29 is 4.79 Å². The lowest BCUT2D eigenvalue weighted by atomic mass is 9.89. The van der Waals surface area contributed by atoms with Crippen LogP contribution < -0.4 is 15.5 Å². The summed E-state index contributed by atoms with van der Waals surface area (Å²) in [7, 11) is 1.72. The van der Waals surface area contributed by atoms with Crippen molar-refractivity contribution in [2.75, 3.05) is 18.5 Å². The molecule has 1 aliphatic rings.